The van der Waals surface area contributed by atoms with Crippen molar-refractivity contribution in [2.45, 2.75) is 33.4 Å². The molecule has 8 nitrogen and oxygen atoms in total. The van der Waals surface area contributed by atoms with Crippen LogP contribution in [-0.4, -0.2) is 24.4 Å². The molecule has 3 heterocycles. The SMILES string of the molecule is CC1=NNc2nc3c(c(=O)n(Cc4ccccc4C)c(=O)n3C)n2[C@H]1C. The summed E-state index contributed by atoms with van der Waals surface area (Å²) in [5.74, 6) is 0.471. The summed E-state index contributed by atoms with van der Waals surface area (Å²) in [6.45, 7) is 6.04. The molecule has 1 N–H and O–H groups in total. The van der Waals surface area contributed by atoms with Crippen LogP contribution >= 0.6 is 0 Å². The molecule has 1 aliphatic rings. The highest BCUT2D eigenvalue weighted by atomic mass is 16.2. The molecule has 0 bridgehead atoms. The lowest BCUT2D eigenvalue weighted by Gasteiger charge is -2.21. The van der Waals surface area contributed by atoms with Gasteiger partial charge in [-0.2, -0.15) is 10.1 Å². The first-order valence-corrected chi connectivity index (χ1v) is 8.46. The fourth-order valence-corrected chi connectivity index (χ4v) is 3.31. The highest BCUT2D eigenvalue weighted by Gasteiger charge is 2.26. The molecule has 2 aromatic heterocycles. The first-order chi connectivity index (χ1) is 12.4. The minimum Gasteiger partial charge on any atom is -0.294 e. The maximum Gasteiger partial charge on any atom is 0.332 e. The predicted molar refractivity (Wildman–Crippen MR) is 101 cm³/mol. The Balaban J connectivity index is 2.01. The number of imidazole rings is 1. The number of hydrogen-bond donors (Lipinski definition) is 1. The Kier molecular flexibility index (Phi) is 3.57. The molecule has 26 heavy (non-hydrogen) atoms. The number of fused-ring (bicyclic) bond motifs is 3. The van der Waals surface area contributed by atoms with Gasteiger partial charge < -0.3 is 0 Å². The van der Waals surface area contributed by atoms with Crippen LogP contribution in [0.2, 0.25) is 0 Å². The second kappa shape index (κ2) is 5.69. The number of hydrazone groups is 1. The molecular formula is C18H20N6O2. The van der Waals surface area contributed by atoms with E-state index in [1.807, 2.05) is 49.6 Å². The van der Waals surface area contributed by atoms with Gasteiger partial charge in [0.1, 0.15) is 0 Å². The van der Waals surface area contributed by atoms with Crippen LogP contribution in [0.3, 0.4) is 0 Å². The van der Waals surface area contributed by atoms with E-state index < -0.39 is 0 Å². The maximum atomic E-state index is 13.2. The number of aromatic nitrogens is 4. The summed E-state index contributed by atoms with van der Waals surface area (Å²) in [6, 6.07) is 7.62. The number of anilines is 1. The van der Waals surface area contributed by atoms with Crippen LogP contribution in [0.15, 0.2) is 39.0 Å². The van der Waals surface area contributed by atoms with E-state index >= 15 is 0 Å². The van der Waals surface area contributed by atoms with Gasteiger partial charge in [0.2, 0.25) is 5.95 Å². The minimum absolute atomic E-state index is 0.117. The third-order valence-corrected chi connectivity index (χ3v) is 5.09. The van der Waals surface area contributed by atoms with Crippen molar-refractivity contribution in [2.75, 3.05) is 5.43 Å². The van der Waals surface area contributed by atoms with Crippen LogP contribution in [0.5, 0.6) is 0 Å². The first-order valence-electron chi connectivity index (χ1n) is 8.46. The predicted octanol–water partition coefficient (Wildman–Crippen LogP) is 1.62. The summed E-state index contributed by atoms with van der Waals surface area (Å²) in [4.78, 5) is 30.4. The average Bonchev–Trinajstić information content (AvgIpc) is 3.02. The molecule has 0 amide bonds. The van der Waals surface area contributed by atoms with E-state index in [0.29, 0.717) is 17.1 Å². The van der Waals surface area contributed by atoms with Crippen LogP contribution in [0, 0.1) is 6.92 Å². The zero-order valence-electron chi connectivity index (χ0n) is 15.1. The fourth-order valence-electron chi connectivity index (χ4n) is 3.31. The molecule has 0 fully saturated rings. The fraction of sp³-hybridized carbons (Fsp3) is 0.333. The van der Waals surface area contributed by atoms with Crippen molar-refractivity contribution in [3.63, 3.8) is 0 Å². The standard InChI is InChI=1S/C18H20N6O2/c1-10-7-5-6-8-13(10)9-23-16(25)14-15(22(4)18(23)26)19-17-21-20-11(2)12(3)24(14)17/h5-8,12H,9H2,1-4H3,(H,19,21)/t12-/m0/s1. The molecule has 1 aliphatic heterocycles. The van der Waals surface area contributed by atoms with Gasteiger partial charge in [0.05, 0.1) is 18.3 Å². The Morgan fingerprint density at radius 1 is 1.19 bits per heavy atom. The lowest BCUT2D eigenvalue weighted by atomic mass is 10.1. The molecule has 0 aliphatic carbocycles. The molecule has 134 valence electrons. The molecule has 0 saturated carbocycles. The molecule has 1 aromatic carbocycles. The number of aryl methyl sites for hydroxylation is 2. The van der Waals surface area contributed by atoms with Gasteiger partial charge in [-0.25, -0.2) is 10.2 Å². The quantitative estimate of drug-likeness (QED) is 0.759. The van der Waals surface area contributed by atoms with Crippen molar-refractivity contribution < 1.29 is 0 Å². The van der Waals surface area contributed by atoms with E-state index in [2.05, 4.69) is 15.5 Å². The van der Waals surface area contributed by atoms with E-state index in [0.717, 1.165) is 16.8 Å². The molecule has 3 aromatic rings. The lowest BCUT2D eigenvalue weighted by molar-refractivity contribution is 0.643. The van der Waals surface area contributed by atoms with Gasteiger partial charge in [-0.1, -0.05) is 24.3 Å². The summed E-state index contributed by atoms with van der Waals surface area (Å²) in [5, 5.41) is 4.22. The zero-order chi connectivity index (χ0) is 18.6. The van der Waals surface area contributed by atoms with Crippen molar-refractivity contribution in [3.8, 4) is 0 Å². The number of rotatable bonds is 2. The van der Waals surface area contributed by atoms with Crippen LogP contribution in [0.25, 0.3) is 11.2 Å². The molecule has 0 radical (unpaired) electrons. The highest BCUT2D eigenvalue weighted by molar-refractivity contribution is 5.90. The molecule has 8 heteroatoms. The van der Waals surface area contributed by atoms with Crippen LogP contribution in [0.4, 0.5) is 5.95 Å². The smallest absolute Gasteiger partial charge is 0.294 e. The Hall–Kier alpha value is -3.16. The minimum atomic E-state index is -0.383. The van der Waals surface area contributed by atoms with Crippen LogP contribution < -0.4 is 16.7 Å². The monoisotopic (exact) mass is 352 g/mol. The summed E-state index contributed by atoms with van der Waals surface area (Å²) in [6.07, 6.45) is 0. The van der Waals surface area contributed by atoms with E-state index in [1.165, 1.54) is 9.13 Å². The summed E-state index contributed by atoms with van der Waals surface area (Å²) in [7, 11) is 1.63. The number of nitrogens with zero attached hydrogens (tertiary/aromatic N) is 5. The van der Waals surface area contributed by atoms with E-state index in [4.69, 9.17) is 0 Å². The Labute approximate surface area is 149 Å². The number of benzene rings is 1. The van der Waals surface area contributed by atoms with Gasteiger partial charge in [0, 0.05) is 7.05 Å². The van der Waals surface area contributed by atoms with Gasteiger partial charge in [0.25, 0.3) is 5.56 Å². The Morgan fingerprint density at radius 3 is 2.65 bits per heavy atom. The molecule has 1 atom stereocenters. The van der Waals surface area contributed by atoms with Crippen molar-refractivity contribution >= 4 is 22.8 Å². The second-order valence-corrected chi connectivity index (χ2v) is 6.68. The van der Waals surface area contributed by atoms with Gasteiger partial charge in [-0.05, 0) is 31.9 Å². The lowest BCUT2D eigenvalue weighted by Crippen LogP contribution is -2.40. The highest BCUT2D eigenvalue weighted by Crippen LogP contribution is 2.25. The van der Waals surface area contributed by atoms with E-state index in [1.54, 1.807) is 7.05 Å². The van der Waals surface area contributed by atoms with Crippen molar-refractivity contribution in [3.05, 3.63) is 56.2 Å². The number of nitrogens with one attached hydrogen (secondary N) is 1. The zero-order valence-corrected chi connectivity index (χ0v) is 15.1. The second-order valence-electron chi connectivity index (χ2n) is 6.68. The number of hydrogen-bond acceptors (Lipinski definition) is 5. The largest absolute Gasteiger partial charge is 0.332 e. The van der Waals surface area contributed by atoms with E-state index in [-0.39, 0.29) is 23.8 Å². The van der Waals surface area contributed by atoms with Gasteiger partial charge in [0.15, 0.2) is 11.2 Å². The van der Waals surface area contributed by atoms with Gasteiger partial charge in [-0.15, -0.1) is 0 Å². The normalized spacial score (nSPS) is 16.3. The van der Waals surface area contributed by atoms with Crippen molar-refractivity contribution in [1.29, 1.82) is 0 Å². The molecular weight excluding hydrogens is 332 g/mol. The molecule has 0 unspecified atom stereocenters. The van der Waals surface area contributed by atoms with Crippen molar-refractivity contribution in [1.82, 2.24) is 18.7 Å². The molecule has 0 spiro atoms. The van der Waals surface area contributed by atoms with Crippen LogP contribution in [-0.2, 0) is 13.6 Å². The Morgan fingerprint density at radius 2 is 1.92 bits per heavy atom. The maximum absolute atomic E-state index is 13.2. The topological polar surface area (TPSA) is 86.2 Å². The van der Waals surface area contributed by atoms with E-state index in [9.17, 15) is 9.59 Å². The third kappa shape index (κ3) is 2.22. The summed E-state index contributed by atoms with van der Waals surface area (Å²) >= 11 is 0. The van der Waals surface area contributed by atoms with Crippen LogP contribution in [0.1, 0.15) is 31.0 Å². The average molecular weight is 352 g/mol. The first kappa shape index (κ1) is 16.3. The summed E-state index contributed by atoms with van der Waals surface area (Å²) in [5.41, 5.74) is 5.73. The Bertz CT molecular complexity index is 1180. The van der Waals surface area contributed by atoms with Crippen molar-refractivity contribution in [2.24, 2.45) is 12.1 Å². The molecule has 4 rings (SSSR count). The van der Waals surface area contributed by atoms with Gasteiger partial charge in [-0.3, -0.25) is 18.5 Å². The third-order valence-electron chi connectivity index (χ3n) is 5.09. The van der Waals surface area contributed by atoms with Gasteiger partial charge >= 0.3 is 5.69 Å². The molecule has 0 saturated heterocycles. The summed E-state index contributed by atoms with van der Waals surface area (Å²) < 4.78 is 4.51.